The molecular formula is C25H28N6O2S. The number of morpholine rings is 1. The average Bonchev–Trinajstić information content (AvgIpc) is 3.47. The van der Waals surface area contributed by atoms with Gasteiger partial charge in [-0.1, -0.05) is 32.9 Å². The lowest BCUT2D eigenvalue weighted by atomic mass is 9.95. The molecule has 0 saturated carbocycles. The number of aryl methyl sites for hydroxylation is 1. The molecule has 8 nitrogen and oxygen atoms in total. The van der Waals surface area contributed by atoms with Crippen LogP contribution in [-0.4, -0.2) is 51.8 Å². The van der Waals surface area contributed by atoms with E-state index in [2.05, 4.69) is 10.2 Å². The number of anilines is 2. The number of rotatable bonds is 4. The number of imidazole rings is 1. The normalized spacial score (nSPS) is 14.5. The van der Waals surface area contributed by atoms with E-state index in [4.69, 9.17) is 19.8 Å². The van der Waals surface area contributed by atoms with Crippen molar-refractivity contribution >= 4 is 33.7 Å². The Labute approximate surface area is 202 Å². The quantitative estimate of drug-likeness (QED) is 0.462. The van der Waals surface area contributed by atoms with Crippen molar-refractivity contribution in [3.05, 3.63) is 47.5 Å². The SMILES string of the molecule is Cc1ccc(-c2cn3nc(-c4csc(N5CCOCC5)n4)ccc3n2)cc1NC(=O)C(C)(C)C. The van der Waals surface area contributed by atoms with Gasteiger partial charge in [0.25, 0.3) is 0 Å². The second kappa shape index (κ2) is 8.81. The zero-order chi connectivity index (χ0) is 23.9. The lowest BCUT2D eigenvalue weighted by molar-refractivity contribution is -0.123. The second-order valence-corrected chi connectivity index (χ2v) is 10.3. The molecule has 0 aliphatic carbocycles. The van der Waals surface area contributed by atoms with E-state index in [1.807, 2.05) is 69.6 Å². The molecule has 0 radical (unpaired) electrons. The summed E-state index contributed by atoms with van der Waals surface area (Å²) >= 11 is 1.63. The summed E-state index contributed by atoms with van der Waals surface area (Å²) in [5.74, 6) is -0.0197. The molecule has 1 amide bonds. The number of hydrogen-bond donors (Lipinski definition) is 1. The topological polar surface area (TPSA) is 84.7 Å². The highest BCUT2D eigenvalue weighted by atomic mass is 32.1. The molecule has 3 aromatic heterocycles. The van der Waals surface area contributed by atoms with Crippen LogP contribution in [0.15, 0.2) is 41.9 Å². The van der Waals surface area contributed by atoms with Crippen LogP contribution in [-0.2, 0) is 9.53 Å². The van der Waals surface area contributed by atoms with Crippen LogP contribution < -0.4 is 10.2 Å². The molecule has 1 aliphatic rings. The summed E-state index contributed by atoms with van der Waals surface area (Å²) in [7, 11) is 0. The van der Waals surface area contributed by atoms with Crippen molar-refractivity contribution in [2.24, 2.45) is 5.41 Å². The maximum absolute atomic E-state index is 12.5. The molecule has 176 valence electrons. The van der Waals surface area contributed by atoms with E-state index in [1.54, 1.807) is 15.9 Å². The Morgan fingerprint density at radius 2 is 1.85 bits per heavy atom. The van der Waals surface area contributed by atoms with Crippen molar-refractivity contribution in [3.63, 3.8) is 0 Å². The number of hydrogen-bond acceptors (Lipinski definition) is 7. The third-order valence-corrected chi connectivity index (χ3v) is 6.72. The molecule has 1 aromatic carbocycles. The van der Waals surface area contributed by atoms with Crippen LogP contribution in [0.1, 0.15) is 26.3 Å². The van der Waals surface area contributed by atoms with E-state index in [1.165, 1.54) is 0 Å². The minimum atomic E-state index is -0.469. The summed E-state index contributed by atoms with van der Waals surface area (Å²) in [5, 5.41) is 10.8. The molecule has 1 fully saturated rings. The number of carbonyl (C=O) groups excluding carboxylic acids is 1. The number of nitrogens with zero attached hydrogens (tertiary/aromatic N) is 5. The molecule has 1 saturated heterocycles. The maximum atomic E-state index is 12.5. The number of carbonyl (C=O) groups is 1. The summed E-state index contributed by atoms with van der Waals surface area (Å²) in [4.78, 5) is 24.3. The molecule has 5 rings (SSSR count). The molecule has 1 aliphatic heterocycles. The summed E-state index contributed by atoms with van der Waals surface area (Å²) in [6.45, 7) is 10.9. The largest absolute Gasteiger partial charge is 0.378 e. The van der Waals surface area contributed by atoms with E-state index >= 15 is 0 Å². The Morgan fingerprint density at radius 1 is 1.06 bits per heavy atom. The van der Waals surface area contributed by atoms with Crippen molar-refractivity contribution in [1.29, 1.82) is 0 Å². The fourth-order valence-corrected chi connectivity index (χ4v) is 4.54. The van der Waals surface area contributed by atoms with Gasteiger partial charge in [-0.05, 0) is 30.7 Å². The molecule has 4 aromatic rings. The third-order valence-electron chi connectivity index (χ3n) is 5.82. The first kappa shape index (κ1) is 22.5. The fourth-order valence-electron chi connectivity index (χ4n) is 3.67. The molecular weight excluding hydrogens is 448 g/mol. The van der Waals surface area contributed by atoms with Gasteiger partial charge in [-0.2, -0.15) is 5.10 Å². The first-order chi connectivity index (χ1) is 16.3. The van der Waals surface area contributed by atoms with Crippen LogP contribution in [0.3, 0.4) is 0 Å². The monoisotopic (exact) mass is 476 g/mol. The zero-order valence-electron chi connectivity index (χ0n) is 19.8. The molecule has 1 N–H and O–H groups in total. The molecule has 4 heterocycles. The van der Waals surface area contributed by atoms with Crippen LogP contribution >= 0.6 is 11.3 Å². The molecule has 0 unspecified atom stereocenters. The van der Waals surface area contributed by atoms with Crippen molar-refractivity contribution in [1.82, 2.24) is 19.6 Å². The van der Waals surface area contributed by atoms with E-state index in [-0.39, 0.29) is 5.91 Å². The van der Waals surface area contributed by atoms with Gasteiger partial charge in [0, 0.05) is 35.1 Å². The molecule has 34 heavy (non-hydrogen) atoms. The lowest BCUT2D eigenvalue weighted by Gasteiger charge is -2.25. The second-order valence-electron chi connectivity index (χ2n) is 9.50. The minimum absolute atomic E-state index is 0.0197. The number of amides is 1. The van der Waals surface area contributed by atoms with Gasteiger partial charge >= 0.3 is 0 Å². The third kappa shape index (κ3) is 4.53. The van der Waals surface area contributed by atoms with Crippen LogP contribution in [0.4, 0.5) is 10.8 Å². The van der Waals surface area contributed by atoms with E-state index in [0.717, 1.165) is 71.0 Å². The number of fused-ring (bicyclic) bond motifs is 1. The minimum Gasteiger partial charge on any atom is -0.378 e. The highest BCUT2D eigenvalue weighted by Crippen LogP contribution is 2.29. The fraction of sp³-hybridized carbons (Fsp3) is 0.360. The average molecular weight is 477 g/mol. The zero-order valence-corrected chi connectivity index (χ0v) is 20.6. The van der Waals surface area contributed by atoms with Gasteiger partial charge in [-0.3, -0.25) is 4.79 Å². The van der Waals surface area contributed by atoms with Crippen molar-refractivity contribution < 1.29 is 9.53 Å². The Kier molecular flexibility index (Phi) is 5.83. The van der Waals surface area contributed by atoms with Gasteiger partial charge in [0.15, 0.2) is 10.8 Å². The Morgan fingerprint density at radius 3 is 2.62 bits per heavy atom. The standard InChI is InChI=1S/C25H28N6O2S/c1-16-5-6-17(13-19(16)27-23(32)25(2,3)4)20-14-31-22(26-20)8-7-18(29-31)21-15-34-24(28-21)30-9-11-33-12-10-30/h5-8,13-15H,9-12H2,1-4H3,(H,27,32). The van der Waals surface area contributed by atoms with Crippen molar-refractivity contribution in [2.75, 3.05) is 36.5 Å². The van der Waals surface area contributed by atoms with Gasteiger partial charge in [0.2, 0.25) is 5.91 Å². The Hall–Kier alpha value is -3.30. The molecule has 0 spiro atoms. The van der Waals surface area contributed by atoms with Crippen molar-refractivity contribution in [3.8, 4) is 22.6 Å². The first-order valence-electron chi connectivity index (χ1n) is 11.4. The smallest absolute Gasteiger partial charge is 0.229 e. The van der Waals surface area contributed by atoms with Gasteiger partial charge in [-0.25, -0.2) is 14.5 Å². The Bertz CT molecular complexity index is 1350. The summed E-state index contributed by atoms with van der Waals surface area (Å²) in [6, 6.07) is 9.89. The number of nitrogens with one attached hydrogen (secondary N) is 1. The summed E-state index contributed by atoms with van der Waals surface area (Å²) in [6.07, 6.45) is 1.91. The molecule has 9 heteroatoms. The van der Waals surface area contributed by atoms with E-state index in [9.17, 15) is 4.79 Å². The summed E-state index contributed by atoms with van der Waals surface area (Å²) < 4.78 is 7.22. The maximum Gasteiger partial charge on any atom is 0.229 e. The van der Waals surface area contributed by atoms with Crippen LogP contribution in [0.2, 0.25) is 0 Å². The number of thiazole rings is 1. The highest BCUT2D eigenvalue weighted by Gasteiger charge is 2.22. The van der Waals surface area contributed by atoms with Crippen LogP contribution in [0.5, 0.6) is 0 Å². The van der Waals surface area contributed by atoms with Crippen molar-refractivity contribution in [2.45, 2.75) is 27.7 Å². The predicted molar refractivity (Wildman–Crippen MR) is 135 cm³/mol. The molecule has 0 bridgehead atoms. The van der Waals surface area contributed by atoms with E-state index < -0.39 is 5.41 Å². The summed E-state index contributed by atoms with van der Waals surface area (Å²) in [5.41, 5.74) is 5.45. The van der Waals surface area contributed by atoms with Crippen LogP contribution in [0.25, 0.3) is 28.3 Å². The van der Waals surface area contributed by atoms with Gasteiger partial charge < -0.3 is 15.0 Å². The first-order valence-corrected chi connectivity index (χ1v) is 12.2. The highest BCUT2D eigenvalue weighted by molar-refractivity contribution is 7.14. The van der Waals surface area contributed by atoms with Gasteiger partial charge in [0.05, 0.1) is 25.1 Å². The molecule has 0 atom stereocenters. The number of ether oxygens (including phenoxy) is 1. The van der Waals surface area contributed by atoms with Crippen LogP contribution in [0, 0.1) is 12.3 Å². The van der Waals surface area contributed by atoms with Gasteiger partial charge in [-0.15, -0.1) is 11.3 Å². The van der Waals surface area contributed by atoms with E-state index in [0.29, 0.717) is 0 Å². The van der Waals surface area contributed by atoms with Gasteiger partial charge in [0.1, 0.15) is 11.4 Å². The number of benzene rings is 1. The number of aromatic nitrogens is 4. The predicted octanol–water partition coefficient (Wildman–Crippen LogP) is 4.65. The lowest BCUT2D eigenvalue weighted by Crippen LogP contribution is -2.36. The Balaban J connectivity index is 1.42.